The quantitative estimate of drug-likeness (QED) is 0.616. The van der Waals surface area contributed by atoms with Gasteiger partial charge in [-0.25, -0.2) is 4.79 Å². The molecule has 0 bridgehead atoms. The maximum atomic E-state index is 12.6. The SMILES string of the molecule is CCOC(=O)Oc1ccc(C(=O)N2CCCN(C(=O)CC)CC2)cc1. The normalized spacial score (nSPS) is 14.6. The van der Waals surface area contributed by atoms with Crippen LogP contribution >= 0.6 is 0 Å². The maximum Gasteiger partial charge on any atom is 0.513 e. The molecule has 7 nitrogen and oxygen atoms in total. The summed E-state index contributed by atoms with van der Waals surface area (Å²) < 4.78 is 9.68. The summed E-state index contributed by atoms with van der Waals surface area (Å²) in [7, 11) is 0. The fourth-order valence-corrected chi connectivity index (χ4v) is 2.69. The molecule has 1 aliphatic heterocycles. The van der Waals surface area contributed by atoms with Crippen molar-refractivity contribution in [1.82, 2.24) is 9.80 Å². The molecule has 0 aromatic heterocycles. The van der Waals surface area contributed by atoms with Crippen molar-refractivity contribution in [3.63, 3.8) is 0 Å². The number of ether oxygens (including phenoxy) is 2. The van der Waals surface area contributed by atoms with E-state index in [1.807, 2.05) is 11.8 Å². The Morgan fingerprint density at radius 2 is 1.60 bits per heavy atom. The molecule has 1 aromatic carbocycles. The first-order valence-corrected chi connectivity index (χ1v) is 8.56. The Hall–Kier alpha value is -2.57. The molecule has 136 valence electrons. The molecule has 0 aliphatic carbocycles. The van der Waals surface area contributed by atoms with Gasteiger partial charge in [-0.15, -0.1) is 0 Å². The highest BCUT2D eigenvalue weighted by Crippen LogP contribution is 2.16. The largest absolute Gasteiger partial charge is 0.513 e. The molecule has 2 amide bonds. The van der Waals surface area contributed by atoms with Crippen molar-refractivity contribution in [2.75, 3.05) is 32.8 Å². The fraction of sp³-hybridized carbons (Fsp3) is 0.500. The van der Waals surface area contributed by atoms with Crippen LogP contribution in [0.3, 0.4) is 0 Å². The number of hydrogen-bond acceptors (Lipinski definition) is 5. The molecule has 0 atom stereocenters. The van der Waals surface area contributed by atoms with Crippen molar-refractivity contribution >= 4 is 18.0 Å². The number of nitrogens with zero attached hydrogens (tertiary/aromatic N) is 2. The first-order chi connectivity index (χ1) is 12.0. The molecule has 0 N–H and O–H groups in total. The van der Waals surface area contributed by atoms with Crippen molar-refractivity contribution in [3.8, 4) is 5.75 Å². The predicted molar refractivity (Wildman–Crippen MR) is 91.5 cm³/mol. The van der Waals surface area contributed by atoms with E-state index in [2.05, 4.69) is 0 Å². The zero-order valence-electron chi connectivity index (χ0n) is 14.7. The summed E-state index contributed by atoms with van der Waals surface area (Å²) >= 11 is 0. The zero-order valence-corrected chi connectivity index (χ0v) is 14.7. The molecular weight excluding hydrogens is 324 g/mol. The van der Waals surface area contributed by atoms with Crippen LogP contribution in [0.25, 0.3) is 0 Å². The number of carbonyl (C=O) groups excluding carboxylic acids is 3. The van der Waals surface area contributed by atoms with E-state index in [1.54, 1.807) is 36.1 Å². The van der Waals surface area contributed by atoms with Gasteiger partial charge in [-0.2, -0.15) is 0 Å². The van der Waals surface area contributed by atoms with E-state index < -0.39 is 6.16 Å². The van der Waals surface area contributed by atoms with E-state index >= 15 is 0 Å². The summed E-state index contributed by atoms with van der Waals surface area (Å²) in [6.07, 6.45) is 0.479. The lowest BCUT2D eigenvalue weighted by molar-refractivity contribution is -0.130. The van der Waals surface area contributed by atoms with Gasteiger partial charge in [0.15, 0.2) is 0 Å². The van der Waals surface area contributed by atoms with Gasteiger partial charge in [0.25, 0.3) is 5.91 Å². The summed E-state index contributed by atoms with van der Waals surface area (Å²) in [5.41, 5.74) is 0.520. The molecule has 0 radical (unpaired) electrons. The van der Waals surface area contributed by atoms with Crippen molar-refractivity contribution < 1.29 is 23.9 Å². The topological polar surface area (TPSA) is 76.2 Å². The lowest BCUT2D eigenvalue weighted by Gasteiger charge is -2.22. The molecule has 2 rings (SSSR count). The van der Waals surface area contributed by atoms with Crippen LogP contribution in [0.1, 0.15) is 37.0 Å². The third kappa shape index (κ3) is 5.20. The van der Waals surface area contributed by atoms with E-state index in [-0.39, 0.29) is 18.4 Å². The van der Waals surface area contributed by atoms with E-state index in [0.717, 1.165) is 6.42 Å². The summed E-state index contributed by atoms with van der Waals surface area (Å²) in [5.74, 6) is 0.355. The highest BCUT2D eigenvalue weighted by atomic mass is 16.7. The van der Waals surface area contributed by atoms with Crippen LogP contribution < -0.4 is 4.74 Å². The zero-order chi connectivity index (χ0) is 18.2. The second-order valence-corrected chi connectivity index (χ2v) is 5.69. The molecule has 1 aromatic rings. The summed E-state index contributed by atoms with van der Waals surface area (Å²) in [5, 5.41) is 0. The van der Waals surface area contributed by atoms with Gasteiger partial charge >= 0.3 is 6.16 Å². The van der Waals surface area contributed by atoms with E-state index in [0.29, 0.717) is 43.9 Å². The van der Waals surface area contributed by atoms with Crippen LogP contribution in [0.15, 0.2) is 24.3 Å². The monoisotopic (exact) mass is 348 g/mol. The van der Waals surface area contributed by atoms with Gasteiger partial charge in [-0.05, 0) is 37.6 Å². The molecule has 0 spiro atoms. The molecule has 1 saturated heterocycles. The highest BCUT2D eigenvalue weighted by molar-refractivity contribution is 5.94. The molecule has 0 saturated carbocycles. The van der Waals surface area contributed by atoms with Gasteiger partial charge in [0, 0.05) is 38.2 Å². The predicted octanol–water partition coefficient (Wildman–Crippen LogP) is 2.31. The smallest absolute Gasteiger partial charge is 0.434 e. The maximum absolute atomic E-state index is 12.6. The Morgan fingerprint density at radius 3 is 2.24 bits per heavy atom. The molecule has 0 unspecified atom stereocenters. The first-order valence-electron chi connectivity index (χ1n) is 8.56. The highest BCUT2D eigenvalue weighted by Gasteiger charge is 2.22. The van der Waals surface area contributed by atoms with Gasteiger partial charge in [-0.1, -0.05) is 6.92 Å². The Kier molecular flexibility index (Phi) is 6.80. The van der Waals surface area contributed by atoms with Gasteiger partial charge < -0.3 is 19.3 Å². The molecule has 1 fully saturated rings. The van der Waals surface area contributed by atoms with Gasteiger partial charge in [0.1, 0.15) is 5.75 Å². The molecule has 1 heterocycles. The van der Waals surface area contributed by atoms with Crippen molar-refractivity contribution in [2.45, 2.75) is 26.7 Å². The molecule has 25 heavy (non-hydrogen) atoms. The lowest BCUT2D eigenvalue weighted by Crippen LogP contribution is -2.37. The Morgan fingerprint density at radius 1 is 0.960 bits per heavy atom. The van der Waals surface area contributed by atoms with Crippen LogP contribution in [-0.4, -0.2) is 60.6 Å². The average Bonchev–Trinajstić information content (AvgIpc) is 2.87. The summed E-state index contributed by atoms with van der Waals surface area (Å²) in [6, 6.07) is 6.37. The number of hydrogen-bond donors (Lipinski definition) is 0. The first kappa shape index (κ1) is 18.8. The number of benzene rings is 1. The minimum absolute atomic E-state index is 0.0894. The van der Waals surface area contributed by atoms with E-state index in [4.69, 9.17) is 9.47 Å². The average molecular weight is 348 g/mol. The second-order valence-electron chi connectivity index (χ2n) is 5.69. The lowest BCUT2D eigenvalue weighted by atomic mass is 10.2. The van der Waals surface area contributed by atoms with E-state index in [1.165, 1.54) is 0 Å². The van der Waals surface area contributed by atoms with Gasteiger partial charge in [0.05, 0.1) is 6.61 Å². The minimum atomic E-state index is -0.769. The van der Waals surface area contributed by atoms with Gasteiger partial charge in [-0.3, -0.25) is 9.59 Å². The van der Waals surface area contributed by atoms with Crippen molar-refractivity contribution in [1.29, 1.82) is 0 Å². The summed E-state index contributed by atoms with van der Waals surface area (Å²) in [6.45, 7) is 6.15. The minimum Gasteiger partial charge on any atom is -0.434 e. The Labute approximate surface area is 147 Å². The Balaban J connectivity index is 1.96. The number of rotatable bonds is 4. The van der Waals surface area contributed by atoms with Crippen LogP contribution in [0.2, 0.25) is 0 Å². The molecule has 7 heteroatoms. The number of carbonyl (C=O) groups is 3. The van der Waals surface area contributed by atoms with Crippen LogP contribution in [0.5, 0.6) is 5.75 Å². The fourth-order valence-electron chi connectivity index (χ4n) is 2.69. The molecule has 1 aliphatic rings. The van der Waals surface area contributed by atoms with Crippen LogP contribution in [0, 0.1) is 0 Å². The van der Waals surface area contributed by atoms with Crippen LogP contribution in [0.4, 0.5) is 4.79 Å². The third-order valence-corrected chi connectivity index (χ3v) is 4.00. The van der Waals surface area contributed by atoms with Crippen LogP contribution in [-0.2, 0) is 9.53 Å². The van der Waals surface area contributed by atoms with Crippen molar-refractivity contribution in [3.05, 3.63) is 29.8 Å². The second kappa shape index (κ2) is 9.05. The molecular formula is C18H24N2O5. The van der Waals surface area contributed by atoms with E-state index in [9.17, 15) is 14.4 Å². The third-order valence-electron chi connectivity index (χ3n) is 4.00. The van der Waals surface area contributed by atoms with Crippen molar-refractivity contribution in [2.24, 2.45) is 0 Å². The van der Waals surface area contributed by atoms with Gasteiger partial charge in [0.2, 0.25) is 5.91 Å². The number of amides is 2. The summed E-state index contributed by atoms with van der Waals surface area (Å²) in [4.78, 5) is 39.3. The standard InChI is InChI=1S/C18H24N2O5/c1-3-16(21)19-10-5-11-20(13-12-19)17(22)14-6-8-15(9-7-14)25-18(23)24-4-2/h6-9H,3-5,10-13H2,1-2H3. The Bertz CT molecular complexity index is 614.